The van der Waals surface area contributed by atoms with Gasteiger partial charge in [0.25, 0.3) is 0 Å². The van der Waals surface area contributed by atoms with E-state index >= 15 is 0 Å². The van der Waals surface area contributed by atoms with Crippen molar-refractivity contribution in [3.8, 4) is 0 Å². The van der Waals surface area contributed by atoms with Crippen molar-refractivity contribution in [2.24, 2.45) is 5.73 Å². The van der Waals surface area contributed by atoms with Gasteiger partial charge < -0.3 is 5.73 Å². The van der Waals surface area contributed by atoms with Gasteiger partial charge in [-0.05, 0) is 43.0 Å². The highest BCUT2D eigenvalue weighted by Crippen LogP contribution is 2.31. The summed E-state index contributed by atoms with van der Waals surface area (Å²) in [6.07, 6.45) is 3.73. The fraction of sp³-hybridized carbons (Fsp3) is 0.312. The summed E-state index contributed by atoms with van der Waals surface area (Å²) in [6, 6.07) is 12.7. The van der Waals surface area contributed by atoms with Gasteiger partial charge in [0, 0.05) is 17.1 Å². The summed E-state index contributed by atoms with van der Waals surface area (Å²) in [5.41, 5.74) is 8.58. The van der Waals surface area contributed by atoms with Crippen LogP contribution in [0.15, 0.2) is 52.5 Å². The van der Waals surface area contributed by atoms with Crippen molar-refractivity contribution in [1.82, 2.24) is 4.98 Å². The van der Waals surface area contributed by atoms with Gasteiger partial charge in [0.1, 0.15) is 5.03 Å². The van der Waals surface area contributed by atoms with Crippen LogP contribution < -0.4 is 5.73 Å². The first-order valence-electron chi connectivity index (χ1n) is 6.63. The highest BCUT2D eigenvalue weighted by atomic mass is 32.2. The lowest BCUT2D eigenvalue weighted by Gasteiger charge is -2.12. The standard InChI is InChI=1S/C16H20N2S/c1-3-14(17)11-13-8-6-10-18-16(13)19-15-9-5-4-7-12(15)2/h4-10,14H,3,11,17H2,1-2H3. The highest BCUT2D eigenvalue weighted by Gasteiger charge is 2.09. The molecule has 2 nitrogen and oxygen atoms in total. The van der Waals surface area contributed by atoms with E-state index in [4.69, 9.17) is 5.73 Å². The Morgan fingerprint density at radius 3 is 2.74 bits per heavy atom. The first-order valence-corrected chi connectivity index (χ1v) is 7.45. The monoisotopic (exact) mass is 272 g/mol. The third-order valence-electron chi connectivity index (χ3n) is 3.16. The number of nitrogens with zero attached hydrogens (tertiary/aromatic N) is 1. The summed E-state index contributed by atoms with van der Waals surface area (Å²) in [4.78, 5) is 5.77. The van der Waals surface area contributed by atoms with Crippen molar-refractivity contribution < 1.29 is 0 Å². The Kier molecular flexibility index (Phi) is 5.00. The molecule has 0 amide bonds. The molecule has 0 aliphatic carbocycles. The van der Waals surface area contributed by atoms with E-state index in [1.807, 2.05) is 12.3 Å². The number of benzene rings is 1. The molecule has 3 heteroatoms. The van der Waals surface area contributed by atoms with E-state index in [1.165, 1.54) is 16.0 Å². The van der Waals surface area contributed by atoms with Crippen molar-refractivity contribution >= 4 is 11.8 Å². The van der Waals surface area contributed by atoms with Crippen molar-refractivity contribution in [3.05, 3.63) is 53.7 Å². The average molecular weight is 272 g/mol. The molecule has 0 aliphatic rings. The smallest absolute Gasteiger partial charge is 0.104 e. The molecule has 1 unspecified atom stereocenters. The number of nitrogens with two attached hydrogens (primary N) is 1. The predicted octanol–water partition coefficient (Wildman–Crippen LogP) is 3.82. The maximum atomic E-state index is 6.06. The molecule has 1 aromatic carbocycles. The van der Waals surface area contributed by atoms with Gasteiger partial charge in [-0.2, -0.15) is 0 Å². The maximum Gasteiger partial charge on any atom is 0.104 e. The second kappa shape index (κ2) is 6.73. The summed E-state index contributed by atoms with van der Waals surface area (Å²) in [5, 5.41) is 1.07. The summed E-state index contributed by atoms with van der Waals surface area (Å²) < 4.78 is 0. The van der Waals surface area contributed by atoms with Crippen molar-refractivity contribution in [2.45, 2.75) is 42.7 Å². The zero-order valence-corrected chi connectivity index (χ0v) is 12.3. The molecule has 1 heterocycles. The molecular weight excluding hydrogens is 252 g/mol. The van der Waals surface area contributed by atoms with Gasteiger partial charge in [0.15, 0.2) is 0 Å². The molecule has 100 valence electrons. The Labute approximate surface area is 119 Å². The number of hydrogen-bond acceptors (Lipinski definition) is 3. The summed E-state index contributed by atoms with van der Waals surface area (Å²) in [6.45, 7) is 4.25. The van der Waals surface area contributed by atoms with Crippen LogP contribution >= 0.6 is 11.8 Å². The zero-order valence-electron chi connectivity index (χ0n) is 11.5. The fourth-order valence-corrected chi connectivity index (χ4v) is 2.85. The Balaban J connectivity index is 2.23. The lowest BCUT2D eigenvalue weighted by Crippen LogP contribution is -2.21. The largest absolute Gasteiger partial charge is 0.327 e. The van der Waals surface area contributed by atoms with Crippen LogP contribution in [0, 0.1) is 6.92 Å². The first kappa shape index (κ1) is 14.1. The number of rotatable bonds is 5. The molecule has 0 radical (unpaired) electrons. The van der Waals surface area contributed by atoms with Gasteiger partial charge in [-0.1, -0.05) is 43.0 Å². The van der Waals surface area contributed by atoms with Crippen LogP contribution in [0.1, 0.15) is 24.5 Å². The van der Waals surface area contributed by atoms with Crippen molar-refractivity contribution in [3.63, 3.8) is 0 Å². The van der Waals surface area contributed by atoms with Crippen molar-refractivity contribution in [2.75, 3.05) is 0 Å². The number of hydrogen-bond donors (Lipinski definition) is 1. The van der Waals surface area contributed by atoms with Crippen LogP contribution in [-0.2, 0) is 6.42 Å². The second-order valence-corrected chi connectivity index (χ2v) is 5.74. The summed E-state index contributed by atoms with van der Waals surface area (Å²) in [5.74, 6) is 0. The Morgan fingerprint density at radius 2 is 2.00 bits per heavy atom. The van der Waals surface area contributed by atoms with Crippen LogP contribution in [0.2, 0.25) is 0 Å². The van der Waals surface area contributed by atoms with Crippen molar-refractivity contribution in [1.29, 1.82) is 0 Å². The fourth-order valence-electron chi connectivity index (χ4n) is 1.87. The molecule has 2 rings (SSSR count). The molecule has 1 aromatic heterocycles. The SMILES string of the molecule is CCC(N)Cc1cccnc1Sc1ccccc1C. The molecule has 0 fully saturated rings. The topological polar surface area (TPSA) is 38.9 Å². The Bertz CT molecular complexity index is 540. The van der Waals surface area contributed by atoms with E-state index in [-0.39, 0.29) is 6.04 Å². The Morgan fingerprint density at radius 1 is 1.21 bits per heavy atom. The lowest BCUT2D eigenvalue weighted by atomic mass is 10.1. The summed E-state index contributed by atoms with van der Waals surface area (Å²) in [7, 11) is 0. The molecule has 0 bridgehead atoms. The van der Waals surface area contributed by atoms with E-state index < -0.39 is 0 Å². The quantitative estimate of drug-likeness (QED) is 0.899. The average Bonchev–Trinajstić information content (AvgIpc) is 2.43. The molecule has 0 aliphatic heterocycles. The molecule has 19 heavy (non-hydrogen) atoms. The highest BCUT2D eigenvalue weighted by molar-refractivity contribution is 7.99. The second-order valence-electron chi connectivity index (χ2n) is 4.71. The molecule has 2 aromatic rings. The third-order valence-corrected chi connectivity index (χ3v) is 4.40. The minimum absolute atomic E-state index is 0.209. The minimum Gasteiger partial charge on any atom is -0.327 e. The van der Waals surface area contributed by atoms with Gasteiger partial charge in [0.05, 0.1) is 0 Å². The van der Waals surface area contributed by atoms with Crippen LogP contribution in [0.5, 0.6) is 0 Å². The minimum atomic E-state index is 0.209. The Hall–Kier alpha value is -1.32. The molecular formula is C16H20N2S. The van der Waals surface area contributed by atoms with Crippen LogP contribution in [0.25, 0.3) is 0 Å². The van der Waals surface area contributed by atoms with Gasteiger partial charge in [-0.25, -0.2) is 4.98 Å². The van der Waals surface area contributed by atoms with Gasteiger partial charge in [-0.3, -0.25) is 0 Å². The number of aromatic nitrogens is 1. The van der Waals surface area contributed by atoms with E-state index in [9.17, 15) is 0 Å². The zero-order chi connectivity index (χ0) is 13.7. The maximum absolute atomic E-state index is 6.06. The predicted molar refractivity (Wildman–Crippen MR) is 81.5 cm³/mol. The number of pyridine rings is 1. The summed E-state index contributed by atoms with van der Waals surface area (Å²) >= 11 is 1.73. The molecule has 0 spiro atoms. The first-order chi connectivity index (χ1) is 9.20. The van der Waals surface area contributed by atoms with E-state index in [0.29, 0.717) is 0 Å². The van der Waals surface area contributed by atoms with Crippen LogP contribution in [0.4, 0.5) is 0 Å². The lowest BCUT2D eigenvalue weighted by molar-refractivity contribution is 0.637. The van der Waals surface area contributed by atoms with E-state index in [0.717, 1.165) is 17.9 Å². The van der Waals surface area contributed by atoms with Gasteiger partial charge >= 0.3 is 0 Å². The normalized spacial score (nSPS) is 12.4. The molecule has 0 saturated carbocycles. The molecule has 1 atom stereocenters. The van der Waals surface area contributed by atoms with Crippen LogP contribution in [0.3, 0.4) is 0 Å². The van der Waals surface area contributed by atoms with E-state index in [1.54, 1.807) is 11.8 Å². The van der Waals surface area contributed by atoms with Crippen LogP contribution in [-0.4, -0.2) is 11.0 Å². The van der Waals surface area contributed by atoms with Gasteiger partial charge in [0.2, 0.25) is 0 Å². The van der Waals surface area contributed by atoms with Gasteiger partial charge in [-0.15, -0.1) is 0 Å². The molecule has 0 saturated heterocycles. The van der Waals surface area contributed by atoms with E-state index in [2.05, 4.69) is 49.2 Å². The third kappa shape index (κ3) is 3.82. The molecule has 2 N–H and O–H groups in total. The number of aryl methyl sites for hydroxylation is 1.